The molecule has 154 valence electrons. The predicted octanol–water partition coefficient (Wildman–Crippen LogP) is 1.14. The first-order valence-electron chi connectivity index (χ1n) is 10.2. The van der Waals surface area contributed by atoms with Gasteiger partial charge < -0.3 is 10.4 Å². The number of hydrogen-bond donors (Lipinski definition) is 2. The van der Waals surface area contributed by atoms with Crippen molar-refractivity contribution < 1.29 is 5.11 Å². The molecule has 0 radical (unpaired) electrons. The topological polar surface area (TPSA) is 97.9 Å². The summed E-state index contributed by atoms with van der Waals surface area (Å²) in [7, 11) is 2.02. The number of benzene rings is 1. The van der Waals surface area contributed by atoms with Crippen LogP contribution in [0, 0.1) is 0 Å². The quantitative estimate of drug-likeness (QED) is 0.377. The Morgan fingerprint density at radius 2 is 2.03 bits per heavy atom. The van der Waals surface area contributed by atoms with E-state index in [0.717, 1.165) is 23.1 Å². The molecule has 1 aromatic carbocycles. The van der Waals surface area contributed by atoms with Crippen molar-refractivity contribution in [3.63, 3.8) is 0 Å². The Morgan fingerprint density at radius 3 is 2.81 bits per heavy atom. The lowest BCUT2D eigenvalue weighted by molar-refractivity contribution is 0.175. The molecule has 1 aliphatic rings. The number of aliphatic hydroxyl groups excluding tert-OH is 1. The number of fused-ring (bicyclic) bond motifs is 2. The number of aliphatic hydroxyl groups is 1. The fraction of sp³-hybridized carbons (Fsp3) is 0.182. The summed E-state index contributed by atoms with van der Waals surface area (Å²) in [6.45, 7) is 4.06. The van der Waals surface area contributed by atoms with Gasteiger partial charge in [-0.15, -0.1) is 6.58 Å². The number of nitrogens with zero attached hydrogens (tertiary/aromatic N) is 5. The summed E-state index contributed by atoms with van der Waals surface area (Å²) in [5.41, 5.74) is 3.91. The summed E-state index contributed by atoms with van der Waals surface area (Å²) in [6, 6.07) is 11.7. The number of aromatic nitrogens is 5. The third kappa shape index (κ3) is 3.32. The fourth-order valence-corrected chi connectivity index (χ4v) is 3.91. The van der Waals surface area contributed by atoms with Gasteiger partial charge in [-0.25, -0.2) is 19.3 Å². The van der Waals surface area contributed by atoms with E-state index in [1.54, 1.807) is 10.8 Å². The maximum absolute atomic E-state index is 13.0. The average molecular weight is 412 g/mol. The van der Waals surface area contributed by atoms with Crippen molar-refractivity contribution in [1.82, 2.24) is 24.3 Å². The van der Waals surface area contributed by atoms with Gasteiger partial charge in [-0.05, 0) is 36.6 Å². The molecule has 0 saturated carbocycles. The van der Waals surface area contributed by atoms with Crippen molar-refractivity contribution in [3.05, 3.63) is 76.9 Å². The van der Waals surface area contributed by atoms with Gasteiger partial charge in [0.15, 0.2) is 11.5 Å². The van der Waals surface area contributed by atoms with Crippen LogP contribution in [0.25, 0.3) is 16.9 Å². The number of pyridine rings is 1. The van der Waals surface area contributed by atoms with Gasteiger partial charge in [0.1, 0.15) is 13.2 Å². The highest BCUT2D eigenvalue weighted by atomic mass is 16.3. The number of rotatable bonds is 5. The minimum absolute atomic E-state index is 0.223. The Hall–Kier alpha value is -3.72. The van der Waals surface area contributed by atoms with Crippen LogP contribution in [0.4, 0.5) is 11.6 Å². The molecule has 0 bridgehead atoms. The Kier molecular flexibility index (Phi) is 4.67. The van der Waals surface area contributed by atoms with E-state index in [-0.39, 0.29) is 12.1 Å². The fourth-order valence-electron chi connectivity index (χ4n) is 3.91. The van der Waals surface area contributed by atoms with E-state index in [9.17, 15) is 9.90 Å². The smallest absolute Gasteiger partial charge is 0.278 e. The Bertz CT molecular complexity index is 1360. The third-order valence-corrected chi connectivity index (χ3v) is 5.50. The third-order valence-electron chi connectivity index (χ3n) is 5.50. The van der Waals surface area contributed by atoms with Crippen molar-refractivity contribution in [3.8, 4) is 5.82 Å². The van der Waals surface area contributed by atoms with Crippen LogP contribution in [0.2, 0.25) is 0 Å². The average Bonchev–Trinajstić information content (AvgIpc) is 3.27. The molecular formula is C22H21BN6O2. The summed E-state index contributed by atoms with van der Waals surface area (Å²) >= 11 is 0. The first kappa shape index (κ1) is 19.3. The molecule has 1 aliphatic carbocycles. The number of hydrogen-bond acceptors (Lipinski definition) is 6. The molecule has 2 N–H and O–H groups in total. The van der Waals surface area contributed by atoms with Crippen molar-refractivity contribution in [2.75, 3.05) is 5.32 Å². The van der Waals surface area contributed by atoms with Gasteiger partial charge in [0.2, 0.25) is 5.95 Å². The molecule has 9 heteroatoms. The molecule has 0 amide bonds. The predicted molar refractivity (Wildman–Crippen MR) is 122 cm³/mol. The lowest BCUT2D eigenvalue weighted by atomic mass is 9.96. The minimum atomic E-state index is -0.593. The van der Waals surface area contributed by atoms with Gasteiger partial charge in [0.25, 0.3) is 5.56 Å². The van der Waals surface area contributed by atoms with Crippen LogP contribution in [0.1, 0.15) is 23.8 Å². The SMILES string of the molecule is Bc1ccc(Nc2ncc3c(=O)n(CC=C)n(-c4ccc5c(n4)[C@H](O)CC5)c3n2)cc1. The van der Waals surface area contributed by atoms with Crippen LogP contribution in [0.3, 0.4) is 0 Å². The summed E-state index contributed by atoms with van der Waals surface area (Å²) in [5, 5.41) is 13.9. The molecule has 8 nitrogen and oxygen atoms in total. The largest absolute Gasteiger partial charge is 0.387 e. The second-order valence-corrected chi connectivity index (χ2v) is 7.68. The van der Waals surface area contributed by atoms with E-state index < -0.39 is 6.10 Å². The van der Waals surface area contributed by atoms with Crippen molar-refractivity contribution in [2.24, 2.45) is 0 Å². The molecule has 0 unspecified atom stereocenters. The van der Waals surface area contributed by atoms with Crippen LogP contribution < -0.4 is 16.3 Å². The van der Waals surface area contributed by atoms with E-state index >= 15 is 0 Å². The number of allylic oxidation sites excluding steroid dienone is 1. The minimum Gasteiger partial charge on any atom is -0.387 e. The molecule has 3 heterocycles. The zero-order chi connectivity index (χ0) is 21.5. The molecule has 0 spiro atoms. The Balaban J connectivity index is 1.67. The molecule has 5 rings (SSSR count). The van der Waals surface area contributed by atoms with E-state index in [4.69, 9.17) is 0 Å². The molecular weight excluding hydrogens is 391 g/mol. The summed E-state index contributed by atoms with van der Waals surface area (Å²) in [5.74, 6) is 0.899. The summed E-state index contributed by atoms with van der Waals surface area (Å²) < 4.78 is 3.20. The van der Waals surface area contributed by atoms with Gasteiger partial charge in [-0.1, -0.05) is 29.7 Å². The highest BCUT2D eigenvalue weighted by molar-refractivity contribution is 6.32. The molecule has 0 saturated heterocycles. The standard InChI is InChI=1S/C22H21BN6O2/c1-2-11-28-21(31)16-12-24-22(25-15-7-5-14(23)6-8-15)27-20(16)29(28)18-10-4-13-3-9-17(30)19(13)26-18/h2,4-8,10,12,17,30H,1,3,9,11,23H2,(H,24,25,27)/t17-/m1/s1. The number of nitrogens with one attached hydrogen (secondary N) is 1. The van der Waals surface area contributed by atoms with Gasteiger partial charge in [-0.3, -0.25) is 4.79 Å². The molecule has 3 aromatic heterocycles. The first-order chi connectivity index (χ1) is 15.0. The monoisotopic (exact) mass is 412 g/mol. The zero-order valence-corrected chi connectivity index (χ0v) is 17.1. The van der Waals surface area contributed by atoms with Crippen molar-refractivity contribution >= 4 is 36.0 Å². The molecule has 0 aliphatic heterocycles. The van der Waals surface area contributed by atoms with Crippen molar-refractivity contribution in [1.29, 1.82) is 0 Å². The zero-order valence-electron chi connectivity index (χ0n) is 17.1. The lowest BCUT2D eigenvalue weighted by Gasteiger charge is -2.12. The second-order valence-electron chi connectivity index (χ2n) is 7.68. The summed E-state index contributed by atoms with van der Waals surface area (Å²) in [6.07, 6.45) is 4.04. The maximum atomic E-state index is 13.0. The van der Waals surface area contributed by atoms with Crippen molar-refractivity contribution in [2.45, 2.75) is 25.5 Å². The van der Waals surface area contributed by atoms with E-state index in [1.165, 1.54) is 10.9 Å². The normalized spacial score (nSPS) is 15.2. The molecule has 4 aromatic rings. The van der Waals surface area contributed by atoms with Gasteiger partial charge in [0, 0.05) is 11.9 Å². The first-order valence-corrected chi connectivity index (χ1v) is 10.2. The van der Waals surface area contributed by atoms with E-state index in [1.807, 2.05) is 44.2 Å². The maximum Gasteiger partial charge on any atom is 0.278 e. The van der Waals surface area contributed by atoms with Crippen LogP contribution >= 0.6 is 0 Å². The summed E-state index contributed by atoms with van der Waals surface area (Å²) in [4.78, 5) is 26.7. The van der Waals surface area contributed by atoms with Gasteiger partial charge in [-0.2, -0.15) is 4.98 Å². The van der Waals surface area contributed by atoms with Crippen LogP contribution in [0.15, 0.2) is 60.0 Å². The van der Waals surface area contributed by atoms with Gasteiger partial charge in [0.05, 0.1) is 18.3 Å². The van der Waals surface area contributed by atoms with Crippen LogP contribution in [0.5, 0.6) is 0 Å². The highest BCUT2D eigenvalue weighted by Gasteiger charge is 2.24. The molecule has 1 atom stereocenters. The number of aryl methyl sites for hydroxylation is 1. The van der Waals surface area contributed by atoms with Gasteiger partial charge >= 0.3 is 0 Å². The molecule has 31 heavy (non-hydrogen) atoms. The molecule has 0 fully saturated rings. The van der Waals surface area contributed by atoms with E-state index in [2.05, 4.69) is 26.8 Å². The van der Waals surface area contributed by atoms with Crippen LogP contribution in [-0.2, 0) is 13.0 Å². The Morgan fingerprint density at radius 1 is 1.23 bits per heavy atom. The lowest BCUT2D eigenvalue weighted by Crippen LogP contribution is -2.22. The highest BCUT2D eigenvalue weighted by Crippen LogP contribution is 2.30. The second kappa shape index (κ2) is 7.52. The van der Waals surface area contributed by atoms with E-state index in [0.29, 0.717) is 34.9 Å². The Labute approximate surface area is 179 Å². The number of anilines is 2. The van der Waals surface area contributed by atoms with Crippen LogP contribution in [-0.4, -0.2) is 37.3 Å².